The van der Waals surface area contributed by atoms with Crippen LogP contribution in [0.25, 0.3) is 0 Å². The van der Waals surface area contributed by atoms with Gasteiger partial charge in [-0.1, -0.05) is 19.6 Å². The second-order valence-corrected chi connectivity index (χ2v) is 5.18. The number of carbonyl (C=O) groups excluding carboxylic acids is 2. The molecule has 0 fully saturated rings. The van der Waals surface area contributed by atoms with Gasteiger partial charge in [-0.3, -0.25) is 4.79 Å². The van der Waals surface area contributed by atoms with Crippen LogP contribution in [0, 0.1) is 11.8 Å². The van der Waals surface area contributed by atoms with Gasteiger partial charge in [0.25, 0.3) is 0 Å². The minimum atomic E-state index is -1.03. The Bertz CT molecular complexity index is 477. The summed E-state index contributed by atoms with van der Waals surface area (Å²) in [6.07, 6.45) is 2.69. The minimum Gasteiger partial charge on any atom is -0.481 e. The van der Waals surface area contributed by atoms with Crippen molar-refractivity contribution in [3.63, 3.8) is 0 Å². The predicted molar refractivity (Wildman–Crippen MR) is 74.3 cm³/mol. The van der Waals surface area contributed by atoms with E-state index >= 15 is 0 Å². The fourth-order valence-corrected chi connectivity index (χ4v) is 2.03. The van der Waals surface area contributed by atoms with E-state index in [1.165, 1.54) is 6.92 Å². The molecule has 2 atom stereocenters. The molecule has 6 heteroatoms. The van der Waals surface area contributed by atoms with E-state index in [0.29, 0.717) is 12.8 Å². The number of carbonyl (C=O) groups is 3. The highest BCUT2D eigenvalue weighted by atomic mass is 16.6. The Hall–Kier alpha value is -2.11. The molecule has 0 saturated carbocycles. The van der Waals surface area contributed by atoms with Gasteiger partial charge < -0.3 is 14.6 Å². The first kappa shape index (κ1) is 16.9. The van der Waals surface area contributed by atoms with Crippen molar-refractivity contribution >= 4 is 17.9 Å². The standard InChI is InChI=1S/C15H20O6/c1-9(2)14(18)20-6-7-21-15(19)11-5-4-10(3)8-12(11)13(16)17/h5,10,12H,1,4,6-8H2,2-3H3,(H,16,17). The van der Waals surface area contributed by atoms with Crippen LogP contribution in [0.2, 0.25) is 0 Å². The lowest BCUT2D eigenvalue weighted by atomic mass is 9.82. The number of esters is 2. The second-order valence-electron chi connectivity index (χ2n) is 5.18. The highest BCUT2D eigenvalue weighted by Crippen LogP contribution is 2.29. The van der Waals surface area contributed by atoms with Gasteiger partial charge in [-0.15, -0.1) is 0 Å². The Morgan fingerprint density at radius 3 is 2.52 bits per heavy atom. The van der Waals surface area contributed by atoms with Gasteiger partial charge >= 0.3 is 17.9 Å². The average Bonchev–Trinajstić information content (AvgIpc) is 2.42. The Balaban J connectivity index is 2.49. The van der Waals surface area contributed by atoms with Crippen molar-refractivity contribution in [3.05, 3.63) is 23.8 Å². The molecule has 0 spiro atoms. The van der Waals surface area contributed by atoms with E-state index in [0.717, 1.165) is 0 Å². The van der Waals surface area contributed by atoms with E-state index in [9.17, 15) is 14.4 Å². The number of aliphatic carboxylic acids is 1. The van der Waals surface area contributed by atoms with E-state index < -0.39 is 23.8 Å². The molecule has 0 aromatic carbocycles. The molecule has 0 saturated heterocycles. The predicted octanol–water partition coefficient (Wildman–Crippen LogP) is 1.71. The van der Waals surface area contributed by atoms with Crippen molar-refractivity contribution in [3.8, 4) is 0 Å². The molecule has 1 N–H and O–H groups in total. The summed E-state index contributed by atoms with van der Waals surface area (Å²) in [7, 11) is 0. The number of carboxylic acid groups (broad SMARTS) is 1. The Kier molecular flexibility index (Phi) is 6.14. The molecule has 21 heavy (non-hydrogen) atoms. The van der Waals surface area contributed by atoms with Crippen LogP contribution in [0.5, 0.6) is 0 Å². The third-order valence-electron chi connectivity index (χ3n) is 3.19. The van der Waals surface area contributed by atoms with Crippen LogP contribution in [0.4, 0.5) is 0 Å². The zero-order valence-corrected chi connectivity index (χ0v) is 12.3. The summed E-state index contributed by atoms with van der Waals surface area (Å²) in [6, 6.07) is 0. The number of ether oxygens (including phenoxy) is 2. The van der Waals surface area contributed by atoms with Crippen LogP contribution >= 0.6 is 0 Å². The summed E-state index contributed by atoms with van der Waals surface area (Å²) >= 11 is 0. The quantitative estimate of drug-likeness (QED) is 0.456. The topological polar surface area (TPSA) is 89.9 Å². The summed E-state index contributed by atoms with van der Waals surface area (Å²) in [5.74, 6) is -2.86. The van der Waals surface area contributed by atoms with Gasteiger partial charge in [0, 0.05) is 11.1 Å². The van der Waals surface area contributed by atoms with Crippen molar-refractivity contribution in [1.82, 2.24) is 0 Å². The van der Waals surface area contributed by atoms with Crippen molar-refractivity contribution in [1.29, 1.82) is 0 Å². The molecular weight excluding hydrogens is 276 g/mol. The van der Waals surface area contributed by atoms with E-state index in [4.69, 9.17) is 14.6 Å². The molecule has 116 valence electrons. The maximum Gasteiger partial charge on any atom is 0.334 e. The molecule has 0 amide bonds. The van der Waals surface area contributed by atoms with E-state index in [2.05, 4.69) is 6.58 Å². The maximum absolute atomic E-state index is 11.9. The van der Waals surface area contributed by atoms with Gasteiger partial charge in [-0.25, -0.2) is 9.59 Å². The molecular formula is C15H20O6. The second kappa shape index (κ2) is 7.61. The normalized spacial score (nSPS) is 21.1. The first-order valence-electron chi connectivity index (χ1n) is 6.75. The molecule has 1 rings (SSSR count). The summed E-state index contributed by atoms with van der Waals surface area (Å²) in [6.45, 7) is 6.67. The highest BCUT2D eigenvalue weighted by Gasteiger charge is 2.32. The molecule has 0 bridgehead atoms. The smallest absolute Gasteiger partial charge is 0.334 e. The van der Waals surface area contributed by atoms with E-state index in [1.807, 2.05) is 6.92 Å². The van der Waals surface area contributed by atoms with Crippen molar-refractivity contribution in [2.45, 2.75) is 26.7 Å². The number of hydrogen-bond donors (Lipinski definition) is 1. The first-order chi connectivity index (χ1) is 9.82. The van der Waals surface area contributed by atoms with Crippen LogP contribution in [0.3, 0.4) is 0 Å². The zero-order valence-electron chi connectivity index (χ0n) is 12.3. The largest absolute Gasteiger partial charge is 0.481 e. The molecule has 0 aromatic heterocycles. The van der Waals surface area contributed by atoms with Gasteiger partial charge in [0.1, 0.15) is 13.2 Å². The molecule has 6 nitrogen and oxygen atoms in total. The van der Waals surface area contributed by atoms with E-state index in [-0.39, 0.29) is 30.3 Å². The third-order valence-corrected chi connectivity index (χ3v) is 3.19. The number of carboxylic acids is 1. The number of allylic oxidation sites excluding steroid dienone is 1. The SMILES string of the molecule is C=C(C)C(=O)OCCOC(=O)C1=CCC(C)CC1C(=O)O. The molecule has 0 aliphatic heterocycles. The van der Waals surface area contributed by atoms with Crippen LogP contribution in [-0.4, -0.2) is 36.2 Å². The molecule has 0 heterocycles. The fraction of sp³-hybridized carbons (Fsp3) is 0.533. The monoisotopic (exact) mass is 296 g/mol. The summed E-state index contributed by atoms with van der Waals surface area (Å²) in [4.78, 5) is 34.2. The number of hydrogen-bond acceptors (Lipinski definition) is 5. The molecule has 0 radical (unpaired) electrons. The van der Waals surface area contributed by atoms with Gasteiger partial charge in [-0.05, 0) is 25.7 Å². The molecule has 1 aliphatic rings. The lowest BCUT2D eigenvalue weighted by molar-refractivity contribution is -0.150. The molecule has 0 aromatic rings. The van der Waals surface area contributed by atoms with Gasteiger partial charge in [0.2, 0.25) is 0 Å². The van der Waals surface area contributed by atoms with Gasteiger partial charge in [0.15, 0.2) is 0 Å². The fourth-order valence-electron chi connectivity index (χ4n) is 2.03. The van der Waals surface area contributed by atoms with Gasteiger partial charge in [0.05, 0.1) is 5.92 Å². The summed E-state index contributed by atoms with van der Waals surface area (Å²) in [5.41, 5.74) is 0.433. The van der Waals surface area contributed by atoms with Crippen molar-refractivity contribution < 1.29 is 29.0 Å². The molecule has 2 unspecified atom stereocenters. The Morgan fingerprint density at radius 2 is 1.95 bits per heavy atom. The molecule has 1 aliphatic carbocycles. The van der Waals surface area contributed by atoms with Crippen molar-refractivity contribution in [2.24, 2.45) is 11.8 Å². The first-order valence-corrected chi connectivity index (χ1v) is 6.75. The van der Waals surface area contributed by atoms with Gasteiger partial charge in [-0.2, -0.15) is 0 Å². The summed E-state index contributed by atoms with van der Waals surface area (Å²) in [5, 5.41) is 9.15. The maximum atomic E-state index is 11.9. The van der Waals surface area contributed by atoms with Crippen LogP contribution in [-0.2, 0) is 23.9 Å². The number of rotatable bonds is 6. The average molecular weight is 296 g/mol. The Labute approximate surface area is 123 Å². The third kappa shape index (κ3) is 5.06. The van der Waals surface area contributed by atoms with Crippen molar-refractivity contribution in [2.75, 3.05) is 13.2 Å². The lowest BCUT2D eigenvalue weighted by Gasteiger charge is -2.23. The highest BCUT2D eigenvalue weighted by molar-refractivity contribution is 5.95. The van der Waals surface area contributed by atoms with Crippen LogP contribution in [0.1, 0.15) is 26.7 Å². The Morgan fingerprint density at radius 1 is 1.33 bits per heavy atom. The van der Waals surface area contributed by atoms with Crippen LogP contribution < -0.4 is 0 Å². The zero-order chi connectivity index (χ0) is 16.0. The van der Waals surface area contributed by atoms with E-state index in [1.54, 1.807) is 6.08 Å². The minimum absolute atomic E-state index is 0.0845. The van der Waals surface area contributed by atoms with Crippen LogP contribution in [0.15, 0.2) is 23.8 Å². The lowest BCUT2D eigenvalue weighted by Crippen LogP contribution is -2.28. The summed E-state index contributed by atoms with van der Waals surface area (Å²) < 4.78 is 9.73.